The van der Waals surface area contributed by atoms with E-state index in [-0.39, 0.29) is 29.4 Å². The molecule has 1 saturated carbocycles. The zero-order valence-corrected chi connectivity index (χ0v) is 19.3. The minimum atomic E-state index is 0. The van der Waals surface area contributed by atoms with Gasteiger partial charge >= 0.3 is 0 Å². The SMILES string of the molecule is I.NC(=NCC1(c2cccs2)CCCCC1)N1CCN(c2ncccn2)CC1. The van der Waals surface area contributed by atoms with Crippen molar-refractivity contribution in [1.29, 1.82) is 0 Å². The molecule has 2 aromatic rings. The van der Waals surface area contributed by atoms with Gasteiger partial charge in [0.1, 0.15) is 0 Å². The summed E-state index contributed by atoms with van der Waals surface area (Å²) in [6.07, 6.45) is 9.96. The van der Waals surface area contributed by atoms with E-state index in [2.05, 4.69) is 37.3 Å². The minimum absolute atomic E-state index is 0. The summed E-state index contributed by atoms with van der Waals surface area (Å²) >= 11 is 1.87. The predicted molar refractivity (Wildman–Crippen MR) is 127 cm³/mol. The molecule has 1 saturated heterocycles. The van der Waals surface area contributed by atoms with Gasteiger partial charge in [0, 0.05) is 48.9 Å². The van der Waals surface area contributed by atoms with Gasteiger partial charge in [-0.3, -0.25) is 4.99 Å². The normalized spacial score (nSPS) is 19.9. The molecule has 0 radical (unpaired) electrons. The van der Waals surface area contributed by atoms with Gasteiger partial charge in [0.15, 0.2) is 5.96 Å². The zero-order chi connectivity index (χ0) is 18.5. The Morgan fingerprint density at radius 1 is 1.07 bits per heavy atom. The number of halogens is 1. The standard InChI is InChI=1S/C20H28N6S.HI/c21-18(25-11-13-26(14-12-25)19-22-9-5-10-23-19)24-16-20(7-2-1-3-8-20)17-6-4-15-27-17;/h4-6,9-10,15H,1-3,7-8,11-14,16H2,(H2,21,24);1H. The van der Waals surface area contributed by atoms with E-state index in [0.717, 1.165) is 38.7 Å². The lowest BCUT2D eigenvalue weighted by Gasteiger charge is -2.37. The van der Waals surface area contributed by atoms with Crippen LogP contribution in [-0.2, 0) is 5.41 Å². The summed E-state index contributed by atoms with van der Waals surface area (Å²) in [6.45, 7) is 4.27. The molecule has 1 aliphatic heterocycles. The van der Waals surface area contributed by atoms with Crippen LogP contribution in [0.4, 0.5) is 5.95 Å². The molecule has 0 bridgehead atoms. The first kappa shape index (κ1) is 21.3. The molecule has 4 rings (SSSR count). The Balaban J connectivity index is 0.00000225. The van der Waals surface area contributed by atoms with E-state index in [1.165, 1.54) is 37.0 Å². The first-order valence-corrected chi connectivity index (χ1v) is 10.8. The number of hydrogen-bond donors (Lipinski definition) is 1. The van der Waals surface area contributed by atoms with Crippen LogP contribution in [-0.4, -0.2) is 53.6 Å². The van der Waals surface area contributed by atoms with Crippen LogP contribution >= 0.6 is 35.3 Å². The van der Waals surface area contributed by atoms with Gasteiger partial charge in [0.2, 0.25) is 5.95 Å². The van der Waals surface area contributed by atoms with E-state index in [1.807, 2.05) is 17.4 Å². The van der Waals surface area contributed by atoms with Crippen LogP contribution in [0.25, 0.3) is 0 Å². The zero-order valence-electron chi connectivity index (χ0n) is 16.2. The molecule has 6 nitrogen and oxygen atoms in total. The van der Waals surface area contributed by atoms with Crippen LogP contribution in [0.1, 0.15) is 37.0 Å². The molecule has 28 heavy (non-hydrogen) atoms. The molecular formula is C20H29IN6S. The highest BCUT2D eigenvalue weighted by Crippen LogP contribution is 2.41. The molecule has 0 spiro atoms. The number of aliphatic imine (C=N–C) groups is 1. The Hall–Kier alpha value is -1.42. The number of thiophene rings is 1. The van der Waals surface area contributed by atoms with Crippen molar-refractivity contribution in [2.24, 2.45) is 10.7 Å². The molecule has 3 heterocycles. The summed E-state index contributed by atoms with van der Waals surface area (Å²) in [5.74, 6) is 1.48. The van der Waals surface area contributed by atoms with Crippen molar-refractivity contribution < 1.29 is 0 Å². The number of piperazine rings is 1. The topological polar surface area (TPSA) is 70.6 Å². The number of nitrogens with zero attached hydrogens (tertiary/aromatic N) is 5. The number of hydrogen-bond acceptors (Lipinski definition) is 5. The van der Waals surface area contributed by atoms with E-state index < -0.39 is 0 Å². The molecule has 2 fully saturated rings. The molecule has 0 unspecified atom stereocenters. The Labute approximate surface area is 188 Å². The fourth-order valence-electron chi connectivity index (χ4n) is 4.21. The lowest BCUT2D eigenvalue weighted by molar-refractivity contribution is 0.304. The molecular weight excluding hydrogens is 483 g/mol. The van der Waals surface area contributed by atoms with Gasteiger partial charge in [-0.1, -0.05) is 25.3 Å². The highest BCUT2D eigenvalue weighted by Gasteiger charge is 2.35. The largest absolute Gasteiger partial charge is 0.370 e. The van der Waals surface area contributed by atoms with E-state index in [1.54, 1.807) is 12.4 Å². The third kappa shape index (κ3) is 4.76. The van der Waals surface area contributed by atoms with E-state index in [9.17, 15) is 0 Å². The number of aromatic nitrogens is 2. The van der Waals surface area contributed by atoms with E-state index >= 15 is 0 Å². The van der Waals surface area contributed by atoms with Crippen molar-refractivity contribution >= 4 is 47.2 Å². The summed E-state index contributed by atoms with van der Waals surface area (Å²) < 4.78 is 0. The van der Waals surface area contributed by atoms with Crippen LogP contribution in [0.3, 0.4) is 0 Å². The van der Waals surface area contributed by atoms with Gasteiger partial charge < -0.3 is 15.5 Å². The third-order valence-corrected chi connectivity index (χ3v) is 6.95. The van der Waals surface area contributed by atoms with Gasteiger partial charge in [0.25, 0.3) is 0 Å². The van der Waals surface area contributed by atoms with E-state index in [0.29, 0.717) is 5.96 Å². The predicted octanol–water partition coefficient (Wildman–Crippen LogP) is 3.49. The van der Waals surface area contributed by atoms with Crippen LogP contribution in [0.5, 0.6) is 0 Å². The number of anilines is 1. The molecule has 152 valence electrons. The van der Waals surface area contributed by atoms with Crippen molar-refractivity contribution in [3.8, 4) is 0 Å². The summed E-state index contributed by atoms with van der Waals surface area (Å²) in [4.78, 5) is 19.4. The van der Waals surface area contributed by atoms with Gasteiger partial charge in [-0.15, -0.1) is 35.3 Å². The molecule has 1 aliphatic carbocycles. The number of rotatable bonds is 4. The molecule has 2 aliphatic rings. The molecule has 0 aromatic carbocycles. The first-order valence-electron chi connectivity index (χ1n) is 9.88. The van der Waals surface area contributed by atoms with Crippen molar-refractivity contribution in [1.82, 2.24) is 14.9 Å². The minimum Gasteiger partial charge on any atom is -0.370 e. The van der Waals surface area contributed by atoms with Crippen LogP contribution in [0, 0.1) is 0 Å². The fraction of sp³-hybridized carbons (Fsp3) is 0.550. The van der Waals surface area contributed by atoms with Gasteiger partial charge in [-0.2, -0.15) is 0 Å². The Bertz CT molecular complexity index is 737. The Kier molecular flexibility index (Phi) is 7.50. The van der Waals surface area contributed by atoms with E-state index in [4.69, 9.17) is 10.7 Å². The van der Waals surface area contributed by atoms with Crippen LogP contribution in [0.2, 0.25) is 0 Å². The maximum absolute atomic E-state index is 6.39. The first-order chi connectivity index (χ1) is 13.3. The number of guanidine groups is 1. The Morgan fingerprint density at radius 2 is 1.79 bits per heavy atom. The summed E-state index contributed by atoms with van der Waals surface area (Å²) in [7, 11) is 0. The fourth-order valence-corrected chi connectivity index (χ4v) is 5.19. The average molecular weight is 512 g/mol. The lowest BCUT2D eigenvalue weighted by atomic mass is 9.73. The third-order valence-electron chi connectivity index (χ3n) is 5.84. The summed E-state index contributed by atoms with van der Waals surface area (Å²) in [5.41, 5.74) is 6.58. The van der Waals surface area contributed by atoms with Crippen molar-refractivity contribution in [2.45, 2.75) is 37.5 Å². The van der Waals surface area contributed by atoms with Crippen molar-refractivity contribution in [2.75, 3.05) is 37.6 Å². The number of nitrogens with two attached hydrogens (primary N) is 1. The summed E-state index contributed by atoms with van der Waals surface area (Å²) in [5, 5.41) is 2.18. The molecule has 2 aromatic heterocycles. The molecule has 0 atom stereocenters. The van der Waals surface area contributed by atoms with Gasteiger partial charge in [0.05, 0.1) is 6.54 Å². The second-order valence-corrected chi connectivity index (χ2v) is 8.46. The summed E-state index contributed by atoms with van der Waals surface area (Å²) in [6, 6.07) is 6.29. The molecule has 0 amide bonds. The Morgan fingerprint density at radius 3 is 2.43 bits per heavy atom. The quantitative estimate of drug-likeness (QED) is 0.386. The maximum atomic E-state index is 6.39. The highest BCUT2D eigenvalue weighted by molar-refractivity contribution is 14.0. The average Bonchev–Trinajstić information content (AvgIpc) is 3.29. The lowest BCUT2D eigenvalue weighted by Crippen LogP contribution is -2.52. The van der Waals surface area contributed by atoms with Gasteiger partial charge in [-0.25, -0.2) is 9.97 Å². The smallest absolute Gasteiger partial charge is 0.225 e. The second kappa shape index (κ2) is 9.87. The van der Waals surface area contributed by atoms with Gasteiger partial charge in [-0.05, 0) is 30.4 Å². The maximum Gasteiger partial charge on any atom is 0.225 e. The highest BCUT2D eigenvalue weighted by atomic mass is 127. The molecule has 2 N–H and O–H groups in total. The van der Waals surface area contributed by atoms with Crippen LogP contribution < -0.4 is 10.6 Å². The van der Waals surface area contributed by atoms with Crippen molar-refractivity contribution in [3.05, 3.63) is 40.8 Å². The second-order valence-electron chi connectivity index (χ2n) is 7.52. The molecule has 8 heteroatoms. The monoisotopic (exact) mass is 512 g/mol. The van der Waals surface area contributed by atoms with Crippen molar-refractivity contribution in [3.63, 3.8) is 0 Å². The van der Waals surface area contributed by atoms with Crippen LogP contribution in [0.15, 0.2) is 41.0 Å².